The maximum Gasteiger partial charge on any atom is 0.153 e. The summed E-state index contributed by atoms with van der Waals surface area (Å²) < 4.78 is 0. The molecular weight excluding hydrogens is 132 g/mol. The van der Waals surface area contributed by atoms with Crippen molar-refractivity contribution in [1.82, 2.24) is 15.2 Å². The second-order valence-electron chi connectivity index (χ2n) is 1.96. The number of aliphatic hydroxyl groups is 1. The number of nitrogens with two attached hydrogens (primary N) is 1. The molecule has 1 aromatic heterocycles. The van der Waals surface area contributed by atoms with Crippen LogP contribution in [0, 0.1) is 0 Å². The Labute approximate surface area is 58.3 Å². The van der Waals surface area contributed by atoms with Crippen LogP contribution in [0.15, 0.2) is 6.33 Å². The van der Waals surface area contributed by atoms with E-state index in [1.165, 1.54) is 6.33 Å². The third-order valence-corrected chi connectivity index (χ3v) is 1.19. The minimum Gasteiger partial charge on any atom is -0.385 e. The zero-order chi connectivity index (χ0) is 7.40. The highest BCUT2D eigenvalue weighted by molar-refractivity contribution is 4.85. The predicted molar refractivity (Wildman–Crippen MR) is 35.0 cm³/mol. The molecule has 0 fully saturated rings. The molecule has 56 valence electrons. The van der Waals surface area contributed by atoms with Crippen molar-refractivity contribution in [3.05, 3.63) is 12.2 Å². The van der Waals surface area contributed by atoms with E-state index >= 15 is 0 Å². The molecule has 1 unspecified atom stereocenters. The normalized spacial score (nSPS) is 13.4. The van der Waals surface area contributed by atoms with Crippen molar-refractivity contribution in [2.24, 2.45) is 5.73 Å². The van der Waals surface area contributed by atoms with Gasteiger partial charge in [0.1, 0.15) is 12.4 Å². The maximum atomic E-state index is 9.20. The highest BCUT2D eigenvalue weighted by Crippen LogP contribution is 2.07. The smallest absolute Gasteiger partial charge is 0.153 e. The van der Waals surface area contributed by atoms with E-state index in [0.29, 0.717) is 18.8 Å². The first-order valence-corrected chi connectivity index (χ1v) is 3.08. The fourth-order valence-corrected chi connectivity index (χ4v) is 0.670. The van der Waals surface area contributed by atoms with Crippen molar-refractivity contribution in [2.45, 2.75) is 12.5 Å². The summed E-state index contributed by atoms with van der Waals surface area (Å²) >= 11 is 0. The Morgan fingerprint density at radius 1 is 1.80 bits per heavy atom. The van der Waals surface area contributed by atoms with E-state index in [1.807, 2.05) is 0 Å². The van der Waals surface area contributed by atoms with Crippen LogP contribution in [-0.4, -0.2) is 26.8 Å². The summed E-state index contributed by atoms with van der Waals surface area (Å²) in [5.41, 5.74) is 5.21. The molecule has 0 spiro atoms. The molecule has 0 aliphatic carbocycles. The monoisotopic (exact) mass is 142 g/mol. The average Bonchev–Trinajstić information content (AvgIpc) is 2.38. The van der Waals surface area contributed by atoms with E-state index in [-0.39, 0.29) is 0 Å². The SMILES string of the molecule is NCCC(O)c1ncn[nH]1. The van der Waals surface area contributed by atoms with E-state index in [4.69, 9.17) is 5.73 Å². The number of hydrogen-bond acceptors (Lipinski definition) is 4. The molecule has 5 nitrogen and oxygen atoms in total. The van der Waals surface area contributed by atoms with E-state index in [1.54, 1.807) is 0 Å². The fourth-order valence-electron chi connectivity index (χ4n) is 0.670. The molecule has 1 atom stereocenters. The molecule has 0 aliphatic heterocycles. The Morgan fingerprint density at radius 2 is 2.60 bits per heavy atom. The largest absolute Gasteiger partial charge is 0.385 e. The lowest BCUT2D eigenvalue weighted by Gasteiger charge is -2.02. The predicted octanol–water partition coefficient (Wildman–Crippen LogP) is -0.813. The number of aromatic amines is 1. The molecule has 0 aromatic carbocycles. The number of aromatic nitrogens is 3. The summed E-state index contributed by atoms with van der Waals surface area (Å²) in [5.74, 6) is 0.477. The number of hydrogen-bond donors (Lipinski definition) is 3. The van der Waals surface area contributed by atoms with Gasteiger partial charge in [-0.1, -0.05) is 0 Å². The van der Waals surface area contributed by atoms with Crippen LogP contribution in [0.1, 0.15) is 18.3 Å². The summed E-state index contributed by atoms with van der Waals surface area (Å²) in [4.78, 5) is 3.76. The Bertz CT molecular complexity index is 174. The topological polar surface area (TPSA) is 87.8 Å². The van der Waals surface area contributed by atoms with Crippen LogP contribution < -0.4 is 5.73 Å². The van der Waals surface area contributed by atoms with Crippen molar-refractivity contribution in [1.29, 1.82) is 0 Å². The Morgan fingerprint density at radius 3 is 3.10 bits per heavy atom. The van der Waals surface area contributed by atoms with Crippen LogP contribution in [0.3, 0.4) is 0 Å². The molecule has 1 heterocycles. The van der Waals surface area contributed by atoms with Crippen LogP contribution >= 0.6 is 0 Å². The summed E-state index contributed by atoms with van der Waals surface area (Å²) in [6.07, 6.45) is 1.26. The molecule has 1 aromatic rings. The Balaban J connectivity index is 2.50. The number of rotatable bonds is 3. The van der Waals surface area contributed by atoms with Crippen molar-refractivity contribution in [3.63, 3.8) is 0 Å². The van der Waals surface area contributed by atoms with Crippen LogP contribution in [0.25, 0.3) is 0 Å². The van der Waals surface area contributed by atoms with Crippen molar-refractivity contribution >= 4 is 0 Å². The molecular formula is C5H10N4O. The Kier molecular flexibility index (Phi) is 2.35. The van der Waals surface area contributed by atoms with Crippen LogP contribution in [0.5, 0.6) is 0 Å². The minimum atomic E-state index is -0.604. The zero-order valence-electron chi connectivity index (χ0n) is 5.49. The third-order valence-electron chi connectivity index (χ3n) is 1.19. The summed E-state index contributed by atoms with van der Waals surface area (Å²) in [7, 11) is 0. The zero-order valence-corrected chi connectivity index (χ0v) is 5.49. The standard InChI is InChI=1S/C5H10N4O/c6-2-1-4(10)5-7-3-8-9-5/h3-4,10H,1-2,6H2,(H,7,8,9). The van der Waals surface area contributed by atoms with Gasteiger partial charge in [-0.25, -0.2) is 4.98 Å². The quantitative estimate of drug-likeness (QED) is 0.515. The number of nitrogens with zero attached hydrogens (tertiary/aromatic N) is 2. The van der Waals surface area contributed by atoms with Crippen molar-refractivity contribution < 1.29 is 5.11 Å². The van der Waals surface area contributed by atoms with Crippen LogP contribution in [0.2, 0.25) is 0 Å². The number of nitrogens with one attached hydrogen (secondary N) is 1. The second-order valence-corrected chi connectivity index (χ2v) is 1.96. The van der Waals surface area contributed by atoms with Crippen molar-refractivity contribution in [3.8, 4) is 0 Å². The van der Waals surface area contributed by atoms with E-state index in [9.17, 15) is 5.11 Å². The highest BCUT2D eigenvalue weighted by Gasteiger charge is 2.07. The number of aliphatic hydroxyl groups excluding tert-OH is 1. The summed E-state index contributed by atoms with van der Waals surface area (Å²) in [5, 5.41) is 15.3. The molecule has 4 N–H and O–H groups in total. The third kappa shape index (κ3) is 1.52. The Hall–Kier alpha value is -0.940. The lowest BCUT2D eigenvalue weighted by atomic mass is 10.2. The van der Waals surface area contributed by atoms with Gasteiger partial charge in [-0.15, -0.1) is 0 Å². The molecule has 5 heteroatoms. The molecule has 0 saturated carbocycles. The van der Waals surface area contributed by atoms with Gasteiger partial charge in [0, 0.05) is 0 Å². The van der Waals surface area contributed by atoms with Gasteiger partial charge < -0.3 is 10.8 Å². The fraction of sp³-hybridized carbons (Fsp3) is 0.600. The highest BCUT2D eigenvalue weighted by atomic mass is 16.3. The van der Waals surface area contributed by atoms with Gasteiger partial charge >= 0.3 is 0 Å². The van der Waals surface area contributed by atoms with Gasteiger partial charge in [-0.3, -0.25) is 5.10 Å². The van der Waals surface area contributed by atoms with Gasteiger partial charge in [-0.05, 0) is 13.0 Å². The van der Waals surface area contributed by atoms with E-state index in [2.05, 4.69) is 15.2 Å². The van der Waals surface area contributed by atoms with E-state index < -0.39 is 6.10 Å². The van der Waals surface area contributed by atoms with Gasteiger partial charge in [0.2, 0.25) is 0 Å². The molecule has 0 radical (unpaired) electrons. The molecule has 1 rings (SSSR count). The minimum absolute atomic E-state index is 0.446. The van der Waals surface area contributed by atoms with Crippen LogP contribution in [0.4, 0.5) is 0 Å². The maximum absolute atomic E-state index is 9.20. The first-order chi connectivity index (χ1) is 4.84. The lowest BCUT2D eigenvalue weighted by Crippen LogP contribution is -2.07. The summed E-state index contributed by atoms with van der Waals surface area (Å²) in [6.45, 7) is 0.446. The van der Waals surface area contributed by atoms with Gasteiger partial charge in [0.25, 0.3) is 0 Å². The molecule has 10 heavy (non-hydrogen) atoms. The second kappa shape index (κ2) is 3.28. The number of H-pyrrole nitrogens is 1. The molecule has 0 bridgehead atoms. The first-order valence-electron chi connectivity index (χ1n) is 3.08. The van der Waals surface area contributed by atoms with Gasteiger partial charge in [0.15, 0.2) is 5.82 Å². The van der Waals surface area contributed by atoms with Crippen LogP contribution in [-0.2, 0) is 0 Å². The average molecular weight is 142 g/mol. The molecule has 0 aliphatic rings. The van der Waals surface area contributed by atoms with Crippen molar-refractivity contribution in [2.75, 3.05) is 6.54 Å². The lowest BCUT2D eigenvalue weighted by molar-refractivity contribution is 0.161. The van der Waals surface area contributed by atoms with E-state index in [0.717, 1.165) is 0 Å². The van der Waals surface area contributed by atoms with Gasteiger partial charge in [-0.2, -0.15) is 5.10 Å². The first kappa shape index (κ1) is 7.17. The summed E-state index contributed by atoms with van der Waals surface area (Å²) in [6, 6.07) is 0. The molecule has 0 amide bonds. The van der Waals surface area contributed by atoms with Gasteiger partial charge in [0.05, 0.1) is 0 Å². The molecule has 0 saturated heterocycles.